The minimum absolute atomic E-state index is 0.132. The molecule has 4 rings (SSSR count). The number of piperazine rings is 1. The quantitative estimate of drug-likeness (QED) is 0.668. The Balaban J connectivity index is 1.34. The van der Waals surface area contributed by atoms with Crippen molar-refractivity contribution in [2.75, 3.05) is 57.0 Å². The maximum atomic E-state index is 12.3. The molecule has 2 saturated heterocycles. The Kier molecular flexibility index (Phi) is 6.68. The second kappa shape index (κ2) is 9.27. The zero-order valence-electron chi connectivity index (χ0n) is 18.6. The number of likely N-dealkylation sites (tertiary alicyclic amines) is 1. The van der Waals surface area contributed by atoms with E-state index in [1.807, 2.05) is 16.8 Å². The molecule has 3 aliphatic rings. The molecule has 0 aliphatic carbocycles. The molecule has 7 heteroatoms. The molecule has 0 saturated carbocycles. The Morgan fingerprint density at radius 1 is 1.13 bits per heavy atom. The number of benzene rings is 1. The first-order valence-electron chi connectivity index (χ1n) is 11.3. The molecule has 0 aromatic heterocycles. The molecule has 166 valence electrons. The van der Waals surface area contributed by atoms with Gasteiger partial charge in [0.1, 0.15) is 11.4 Å². The molecule has 6 nitrogen and oxygen atoms in total. The van der Waals surface area contributed by atoms with Gasteiger partial charge < -0.3 is 19.3 Å². The summed E-state index contributed by atoms with van der Waals surface area (Å²) in [5.74, 6) is 1.39. The van der Waals surface area contributed by atoms with Gasteiger partial charge in [-0.25, -0.2) is 9.10 Å². The zero-order chi connectivity index (χ0) is 21.1. The van der Waals surface area contributed by atoms with Crippen molar-refractivity contribution in [3.63, 3.8) is 0 Å². The van der Waals surface area contributed by atoms with Gasteiger partial charge in [0.2, 0.25) is 0 Å². The molecule has 0 bridgehead atoms. The van der Waals surface area contributed by atoms with Crippen LogP contribution in [-0.2, 0) is 11.2 Å². The average Bonchev–Trinajstić information content (AvgIpc) is 2.77. The van der Waals surface area contributed by atoms with Crippen molar-refractivity contribution in [1.29, 1.82) is 0 Å². The Labute approximate surface area is 185 Å². The SMILES string of the molecule is CSN1CCN(c2ccc3c(c2)CCC2(CCN(C(=O)OCC(C)C)CC2)O3)CC1. The highest BCUT2D eigenvalue weighted by molar-refractivity contribution is 7.96. The maximum absolute atomic E-state index is 12.3. The molecule has 1 amide bonds. The van der Waals surface area contributed by atoms with E-state index in [-0.39, 0.29) is 11.7 Å². The highest BCUT2D eigenvalue weighted by atomic mass is 32.2. The second-order valence-corrected chi connectivity index (χ2v) is 10.0. The number of nitrogens with zero attached hydrogens (tertiary/aromatic N) is 3. The molecular weight excluding hydrogens is 398 g/mol. The third-order valence-electron chi connectivity index (χ3n) is 6.56. The minimum atomic E-state index is -0.180. The fourth-order valence-corrected chi connectivity index (χ4v) is 5.14. The molecule has 1 spiro atoms. The number of amides is 1. The molecule has 0 unspecified atom stereocenters. The van der Waals surface area contributed by atoms with E-state index in [0.717, 1.165) is 57.6 Å². The van der Waals surface area contributed by atoms with Crippen molar-refractivity contribution < 1.29 is 14.3 Å². The van der Waals surface area contributed by atoms with Crippen LogP contribution in [0.3, 0.4) is 0 Å². The maximum Gasteiger partial charge on any atom is 0.409 e. The van der Waals surface area contributed by atoms with E-state index in [2.05, 4.69) is 47.5 Å². The lowest BCUT2D eigenvalue weighted by Crippen LogP contribution is -2.51. The Hall–Kier alpha value is -1.60. The number of carbonyl (C=O) groups is 1. The van der Waals surface area contributed by atoms with Gasteiger partial charge in [-0.2, -0.15) is 0 Å². The van der Waals surface area contributed by atoms with Gasteiger partial charge in [0, 0.05) is 57.8 Å². The molecule has 0 atom stereocenters. The van der Waals surface area contributed by atoms with Crippen LogP contribution in [0.15, 0.2) is 18.2 Å². The topological polar surface area (TPSA) is 45.2 Å². The van der Waals surface area contributed by atoms with Gasteiger partial charge in [0.15, 0.2) is 0 Å². The summed E-state index contributed by atoms with van der Waals surface area (Å²) in [4.78, 5) is 16.6. The van der Waals surface area contributed by atoms with Crippen molar-refractivity contribution >= 4 is 23.7 Å². The number of anilines is 1. The Morgan fingerprint density at radius 2 is 1.87 bits per heavy atom. The Bertz CT molecular complexity index is 741. The predicted molar refractivity (Wildman–Crippen MR) is 122 cm³/mol. The average molecular weight is 434 g/mol. The number of hydrogen-bond donors (Lipinski definition) is 0. The molecule has 30 heavy (non-hydrogen) atoms. The van der Waals surface area contributed by atoms with Crippen LogP contribution in [0.5, 0.6) is 5.75 Å². The number of piperidine rings is 1. The summed E-state index contributed by atoms with van der Waals surface area (Å²) in [6, 6.07) is 6.70. The lowest BCUT2D eigenvalue weighted by atomic mass is 9.83. The molecule has 1 aromatic rings. The summed E-state index contributed by atoms with van der Waals surface area (Å²) in [7, 11) is 0. The number of carbonyl (C=O) groups excluding carboxylic acids is 1. The van der Waals surface area contributed by atoms with Crippen LogP contribution in [0.1, 0.15) is 38.7 Å². The minimum Gasteiger partial charge on any atom is -0.487 e. The monoisotopic (exact) mass is 433 g/mol. The fourth-order valence-electron chi connectivity index (χ4n) is 4.61. The van der Waals surface area contributed by atoms with Crippen molar-refractivity contribution in [3.8, 4) is 5.75 Å². The standard InChI is InChI=1S/C23H35N3O3S/c1-18(2)17-28-22(27)25-10-8-23(9-11-25)7-6-19-16-20(4-5-21(19)29-23)24-12-14-26(30-3)15-13-24/h4-5,16,18H,6-15,17H2,1-3H3. The van der Waals surface area contributed by atoms with Crippen LogP contribution in [0.25, 0.3) is 0 Å². The third-order valence-corrected chi connectivity index (χ3v) is 7.44. The summed E-state index contributed by atoms with van der Waals surface area (Å²) in [5, 5.41) is 0. The highest BCUT2D eigenvalue weighted by Gasteiger charge is 2.41. The van der Waals surface area contributed by atoms with Gasteiger partial charge in [-0.05, 0) is 48.8 Å². The normalized spacial score (nSPS) is 21.5. The highest BCUT2D eigenvalue weighted by Crippen LogP contribution is 2.41. The summed E-state index contributed by atoms with van der Waals surface area (Å²) in [6.07, 6.45) is 5.80. The smallest absolute Gasteiger partial charge is 0.409 e. The first-order valence-corrected chi connectivity index (χ1v) is 12.4. The lowest BCUT2D eigenvalue weighted by molar-refractivity contribution is -0.0152. The van der Waals surface area contributed by atoms with Crippen LogP contribution >= 0.6 is 11.9 Å². The summed E-state index contributed by atoms with van der Waals surface area (Å²) in [6.45, 7) is 10.4. The molecular formula is C23H35N3O3S. The van der Waals surface area contributed by atoms with E-state index < -0.39 is 0 Å². The molecule has 3 heterocycles. The predicted octanol–water partition coefficient (Wildman–Crippen LogP) is 4.04. The van der Waals surface area contributed by atoms with Gasteiger partial charge in [-0.1, -0.05) is 25.8 Å². The first-order chi connectivity index (χ1) is 14.5. The van der Waals surface area contributed by atoms with Gasteiger partial charge in [0.05, 0.1) is 6.61 Å². The molecule has 2 fully saturated rings. The van der Waals surface area contributed by atoms with E-state index in [1.165, 1.54) is 11.3 Å². The van der Waals surface area contributed by atoms with Crippen LogP contribution in [0.2, 0.25) is 0 Å². The number of ether oxygens (including phenoxy) is 2. The van der Waals surface area contributed by atoms with Gasteiger partial charge in [0.25, 0.3) is 0 Å². The number of fused-ring (bicyclic) bond motifs is 1. The van der Waals surface area contributed by atoms with Gasteiger partial charge >= 0.3 is 6.09 Å². The number of aryl methyl sites for hydroxylation is 1. The van der Waals surface area contributed by atoms with E-state index >= 15 is 0 Å². The van der Waals surface area contributed by atoms with Crippen molar-refractivity contribution in [2.45, 2.75) is 45.1 Å². The zero-order valence-corrected chi connectivity index (χ0v) is 19.4. The van der Waals surface area contributed by atoms with Crippen molar-refractivity contribution in [2.24, 2.45) is 5.92 Å². The third kappa shape index (κ3) is 4.83. The summed E-state index contributed by atoms with van der Waals surface area (Å²) >= 11 is 1.84. The van der Waals surface area contributed by atoms with Gasteiger partial charge in [-0.3, -0.25) is 0 Å². The van der Waals surface area contributed by atoms with Crippen LogP contribution < -0.4 is 9.64 Å². The van der Waals surface area contributed by atoms with Crippen LogP contribution in [0.4, 0.5) is 10.5 Å². The Morgan fingerprint density at radius 3 is 2.53 bits per heavy atom. The van der Waals surface area contributed by atoms with Crippen molar-refractivity contribution in [3.05, 3.63) is 23.8 Å². The second-order valence-electron chi connectivity index (χ2n) is 9.13. The number of hydrogen-bond acceptors (Lipinski definition) is 6. The summed E-state index contributed by atoms with van der Waals surface area (Å²) in [5.41, 5.74) is 2.51. The van der Waals surface area contributed by atoms with Crippen LogP contribution in [-0.4, -0.2) is 73.0 Å². The fraction of sp³-hybridized carbons (Fsp3) is 0.696. The number of rotatable bonds is 4. The molecule has 3 aliphatic heterocycles. The molecule has 1 aromatic carbocycles. The van der Waals surface area contributed by atoms with E-state index in [4.69, 9.17) is 9.47 Å². The molecule has 0 N–H and O–H groups in total. The van der Waals surface area contributed by atoms with Crippen LogP contribution in [0, 0.1) is 5.92 Å². The molecule has 0 radical (unpaired) electrons. The lowest BCUT2D eigenvalue weighted by Gasteiger charge is -2.44. The van der Waals surface area contributed by atoms with E-state index in [1.54, 1.807) is 0 Å². The van der Waals surface area contributed by atoms with E-state index in [0.29, 0.717) is 25.6 Å². The van der Waals surface area contributed by atoms with Gasteiger partial charge in [-0.15, -0.1) is 0 Å². The first kappa shape index (κ1) is 21.6. The summed E-state index contributed by atoms with van der Waals surface area (Å²) < 4.78 is 14.4. The largest absolute Gasteiger partial charge is 0.487 e. The van der Waals surface area contributed by atoms with Crippen molar-refractivity contribution in [1.82, 2.24) is 9.21 Å². The van der Waals surface area contributed by atoms with E-state index in [9.17, 15) is 4.79 Å².